The van der Waals surface area contributed by atoms with Crippen LogP contribution in [0.4, 0.5) is 17.6 Å². The molecule has 232 valence electrons. The van der Waals surface area contributed by atoms with Gasteiger partial charge in [0.25, 0.3) is 11.9 Å². The van der Waals surface area contributed by atoms with Crippen LogP contribution < -0.4 is 21.3 Å². The van der Waals surface area contributed by atoms with Gasteiger partial charge in [-0.1, -0.05) is 6.92 Å². The fourth-order valence-corrected chi connectivity index (χ4v) is 4.67. The first-order valence-corrected chi connectivity index (χ1v) is 13.1. The van der Waals surface area contributed by atoms with Gasteiger partial charge < -0.3 is 36.2 Å². The summed E-state index contributed by atoms with van der Waals surface area (Å²) in [5, 5.41) is 30.8. The summed E-state index contributed by atoms with van der Waals surface area (Å²) in [5.41, 5.74) is -1.60. The van der Waals surface area contributed by atoms with E-state index in [9.17, 15) is 47.0 Å². The zero-order valence-electron chi connectivity index (χ0n) is 22.7. The van der Waals surface area contributed by atoms with Crippen molar-refractivity contribution in [3.05, 3.63) is 53.1 Å². The summed E-state index contributed by atoms with van der Waals surface area (Å²) < 4.78 is 61.6. The number of pyridine rings is 2. The van der Waals surface area contributed by atoms with E-state index in [0.29, 0.717) is 0 Å². The van der Waals surface area contributed by atoms with Crippen LogP contribution in [0.5, 0.6) is 5.75 Å². The van der Waals surface area contributed by atoms with Gasteiger partial charge in [-0.25, -0.2) is 9.37 Å². The number of nitrogens with zero attached hydrogens (tertiary/aromatic N) is 2. The molecule has 2 aliphatic heterocycles. The van der Waals surface area contributed by atoms with Gasteiger partial charge in [0.05, 0.1) is 37.3 Å². The number of aliphatic hydroxyl groups is 1. The van der Waals surface area contributed by atoms with Gasteiger partial charge in [-0.15, -0.1) is 0 Å². The molecule has 0 bridgehead atoms. The summed E-state index contributed by atoms with van der Waals surface area (Å²) in [6.45, 7) is 2.75. The van der Waals surface area contributed by atoms with Gasteiger partial charge in [-0.2, -0.15) is 18.2 Å². The third-order valence-corrected chi connectivity index (χ3v) is 7.33. The number of carbonyl (C=O) groups is 4. The van der Waals surface area contributed by atoms with Crippen LogP contribution >= 0.6 is 0 Å². The van der Waals surface area contributed by atoms with Gasteiger partial charge in [-0.05, 0) is 19.1 Å². The predicted octanol–water partition coefficient (Wildman–Crippen LogP) is -0.789. The highest BCUT2D eigenvalue weighted by Gasteiger charge is 2.42. The van der Waals surface area contributed by atoms with E-state index < -0.39 is 113 Å². The fraction of sp³-hybridized carbons (Fsp3) is 0.462. The molecule has 6 N–H and O–H groups in total. The van der Waals surface area contributed by atoms with Crippen molar-refractivity contribution in [3.63, 3.8) is 0 Å². The van der Waals surface area contributed by atoms with Gasteiger partial charge in [0.15, 0.2) is 11.5 Å². The molecule has 13 nitrogen and oxygen atoms in total. The van der Waals surface area contributed by atoms with E-state index >= 15 is 0 Å². The number of aromatic nitrogens is 2. The summed E-state index contributed by atoms with van der Waals surface area (Å²) in [7, 11) is 0. The van der Waals surface area contributed by atoms with Crippen LogP contribution in [-0.4, -0.2) is 87.3 Å². The minimum Gasteiger partial charge on any atom is -0.505 e. The van der Waals surface area contributed by atoms with Crippen molar-refractivity contribution in [2.75, 3.05) is 13.2 Å². The molecule has 4 amide bonds. The Kier molecular flexibility index (Phi) is 9.44. The molecule has 6 unspecified atom stereocenters. The first-order valence-electron chi connectivity index (χ1n) is 13.1. The molecular weight excluding hydrogens is 584 g/mol. The second-order valence-corrected chi connectivity index (χ2v) is 10.3. The largest absolute Gasteiger partial charge is 0.505 e. The summed E-state index contributed by atoms with van der Waals surface area (Å²) in [5.74, 6) is -14.1. The second kappa shape index (κ2) is 12.9. The van der Waals surface area contributed by atoms with E-state index in [-0.39, 0.29) is 13.2 Å². The highest BCUT2D eigenvalue weighted by atomic mass is 19.2. The van der Waals surface area contributed by atoms with Crippen molar-refractivity contribution in [3.8, 4) is 5.75 Å². The lowest BCUT2D eigenvalue weighted by Gasteiger charge is -2.37. The number of hydrogen-bond donors (Lipinski definition) is 6. The fourth-order valence-electron chi connectivity index (χ4n) is 4.67. The van der Waals surface area contributed by atoms with Crippen LogP contribution in [0, 0.1) is 35.4 Å². The Morgan fingerprint density at radius 2 is 1.72 bits per heavy atom. The highest BCUT2D eigenvalue weighted by molar-refractivity contribution is 5.98. The van der Waals surface area contributed by atoms with E-state index in [2.05, 4.69) is 31.2 Å². The first kappa shape index (κ1) is 31.6. The number of hydrogen-bond acceptors (Lipinski definition) is 9. The van der Waals surface area contributed by atoms with Crippen molar-refractivity contribution in [1.82, 2.24) is 31.2 Å². The molecule has 0 saturated carbocycles. The quantitative estimate of drug-likeness (QED) is 0.186. The molecule has 2 fully saturated rings. The lowest BCUT2D eigenvalue weighted by molar-refractivity contribution is -0.141. The summed E-state index contributed by atoms with van der Waals surface area (Å²) in [4.78, 5) is 59.3. The standard InChI is InChI=1S/C26H28F4N6O7/c1-9-20(38)13(6-12-15(27)16(28)22(30)36-21(12)29)33-24(40)17(34-26(42)19-14(37)4-3-5-31-19)10(2)32-25(41)18(35-23(9)39)11-7-43-8-11/h3-5,9-11,13,17-18,20,37-38H,6-8H2,1-2H3,(H,32,41)(H,33,40)(H,34,42)(H,35,39). The molecule has 6 atom stereocenters. The number of nitrogens with one attached hydrogen (secondary N) is 4. The van der Waals surface area contributed by atoms with Crippen LogP contribution in [0.1, 0.15) is 29.9 Å². The third-order valence-electron chi connectivity index (χ3n) is 7.33. The molecule has 4 heterocycles. The molecule has 2 aliphatic rings. The molecule has 0 spiro atoms. The Morgan fingerprint density at radius 3 is 2.35 bits per heavy atom. The van der Waals surface area contributed by atoms with Crippen LogP contribution in [0.15, 0.2) is 18.3 Å². The van der Waals surface area contributed by atoms with Crippen molar-refractivity contribution in [2.24, 2.45) is 11.8 Å². The van der Waals surface area contributed by atoms with Crippen LogP contribution in [0.3, 0.4) is 0 Å². The van der Waals surface area contributed by atoms with Gasteiger partial charge in [-0.3, -0.25) is 19.2 Å². The predicted molar refractivity (Wildman–Crippen MR) is 136 cm³/mol. The molecule has 2 saturated heterocycles. The maximum Gasteiger partial charge on any atom is 0.274 e. The Bertz CT molecular complexity index is 1430. The molecule has 43 heavy (non-hydrogen) atoms. The van der Waals surface area contributed by atoms with Gasteiger partial charge in [0.2, 0.25) is 29.5 Å². The lowest BCUT2D eigenvalue weighted by Crippen LogP contribution is -2.65. The number of amides is 4. The Hall–Kier alpha value is -4.38. The molecule has 0 aromatic carbocycles. The zero-order chi connectivity index (χ0) is 31.6. The molecule has 17 heteroatoms. The first-order chi connectivity index (χ1) is 20.3. The summed E-state index contributed by atoms with van der Waals surface area (Å²) in [6.07, 6.45) is -1.72. The van der Waals surface area contributed by atoms with Crippen molar-refractivity contribution in [1.29, 1.82) is 0 Å². The Balaban J connectivity index is 1.73. The normalized spacial score (nSPS) is 27.1. The zero-order valence-corrected chi connectivity index (χ0v) is 22.7. The third kappa shape index (κ3) is 6.67. The van der Waals surface area contributed by atoms with Crippen molar-refractivity contribution < 1.29 is 51.7 Å². The van der Waals surface area contributed by atoms with E-state index in [1.165, 1.54) is 26.1 Å². The smallest absolute Gasteiger partial charge is 0.274 e. The van der Waals surface area contributed by atoms with Gasteiger partial charge >= 0.3 is 0 Å². The van der Waals surface area contributed by atoms with Gasteiger partial charge in [0, 0.05) is 24.1 Å². The number of aliphatic hydroxyl groups excluding tert-OH is 1. The molecule has 0 radical (unpaired) electrons. The minimum atomic E-state index is -2.10. The van der Waals surface area contributed by atoms with E-state index in [1.807, 2.05) is 0 Å². The summed E-state index contributed by atoms with van der Waals surface area (Å²) in [6, 6.07) is -3.31. The topological polar surface area (TPSA) is 192 Å². The van der Waals surface area contributed by atoms with Crippen LogP contribution in [0.25, 0.3) is 0 Å². The van der Waals surface area contributed by atoms with Crippen molar-refractivity contribution >= 4 is 23.6 Å². The monoisotopic (exact) mass is 612 g/mol. The highest BCUT2D eigenvalue weighted by Crippen LogP contribution is 2.23. The Morgan fingerprint density at radius 1 is 1.02 bits per heavy atom. The molecule has 2 aromatic rings. The number of aromatic hydroxyl groups is 1. The molecule has 0 aliphatic carbocycles. The lowest BCUT2D eigenvalue weighted by atomic mass is 9.90. The number of rotatable bonds is 5. The molecular formula is C26H28F4N6O7. The average molecular weight is 613 g/mol. The maximum atomic E-state index is 14.6. The average Bonchev–Trinajstić information content (AvgIpc) is 2.93. The van der Waals surface area contributed by atoms with Crippen LogP contribution in [-0.2, 0) is 25.5 Å². The van der Waals surface area contributed by atoms with E-state index in [1.54, 1.807) is 0 Å². The van der Waals surface area contributed by atoms with Crippen molar-refractivity contribution in [2.45, 2.75) is 50.5 Å². The van der Waals surface area contributed by atoms with Gasteiger partial charge in [0.1, 0.15) is 17.8 Å². The summed E-state index contributed by atoms with van der Waals surface area (Å²) >= 11 is 0. The Labute approximate surface area is 241 Å². The maximum absolute atomic E-state index is 14.6. The molecule has 2 aromatic heterocycles. The van der Waals surface area contributed by atoms with Crippen LogP contribution in [0.2, 0.25) is 0 Å². The minimum absolute atomic E-state index is 0.105. The number of carbonyl (C=O) groups excluding carboxylic acids is 4. The van der Waals surface area contributed by atoms with E-state index in [4.69, 9.17) is 4.74 Å². The van der Waals surface area contributed by atoms with E-state index in [0.717, 1.165) is 6.07 Å². The second-order valence-electron chi connectivity index (χ2n) is 10.3. The number of halogens is 4. The SMILES string of the molecule is CC1NC(=O)C(C2COC2)NC(=O)C(C)C(O)C(Cc2c(F)nc(F)c(F)c2F)NC(=O)C1NC(=O)c1ncccc1O. The number of ether oxygens (including phenoxy) is 1. The molecule has 4 rings (SSSR count).